The highest BCUT2D eigenvalue weighted by Gasteiger charge is 2.31. The number of aromatic nitrogens is 2. The van der Waals surface area contributed by atoms with Crippen LogP contribution in [0.4, 0.5) is 13.2 Å². The SMILES string of the molecule is COc1ccc(-c2nc(SCCNS(=O)(=O)c3cccc(C(F)(F)F)c3)[nH]c2-c2ccc(OC)cc2)cc1. The lowest BCUT2D eigenvalue weighted by Gasteiger charge is -2.10. The summed E-state index contributed by atoms with van der Waals surface area (Å²) in [6.45, 7) is -0.0142. The van der Waals surface area contributed by atoms with Crippen molar-refractivity contribution >= 4 is 21.8 Å². The number of nitrogens with zero attached hydrogens (tertiary/aromatic N) is 1. The van der Waals surface area contributed by atoms with Crippen LogP contribution < -0.4 is 14.2 Å². The number of nitrogens with one attached hydrogen (secondary N) is 2. The van der Waals surface area contributed by atoms with Gasteiger partial charge in [0.05, 0.1) is 36.1 Å². The van der Waals surface area contributed by atoms with Crippen LogP contribution in [-0.2, 0) is 16.2 Å². The van der Waals surface area contributed by atoms with E-state index in [1.807, 2.05) is 48.5 Å². The summed E-state index contributed by atoms with van der Waals surface area (Å²) in [5.74, 6) is 1.70. The lowest BCUT2D eigenvalue weighted by atomic mass is 10.0. The van der Waals surface area contributed by atoms with Gasteiger partial charge in [-0.2, -0.15) is 13.2 Å². The summed E-state index contributed by atoms with van der Waals surface area (Å²) in [7, 11) is -0.944. The molecular weight excluding hydrogens is 539 g/mol. The maximum absolute atomic E-state index is 13.0. The normalized spacial score (nSPS) is 11.9. The number of alkyl halides is 3. The van der Waals surface area contributed by atoms with Crippen LogP contribution in [0, 0.1) is 0 Å². The molecule has 4 rings (SSSR count). The van der Waals surface area contributed by atoms with Crippen molar-refractivity contribution in [1.82, 2.24) is 14.7 Å². The number of benzene rings is 3. The van der Waals surface area contributed by atoms with Gasteiger partial charge in [-0.3, -0.25) is 0 Å². The zero-order chi connectivity index (χ0) is 27.3. The number of thioether (sulfide) groups is 1. The Morgan fingerprint density at radius 3 is 2.11 bits per heavy atom. The fourth-order valence-corrected chi connectivity index (χ4v) is 5.52. The average Bonchev–Trinajstić information content (AvgIpc) is 3.35. The minimum Gasteiger partial charge on any atom is -0.497 e. The van der Waals surface area contributed by atoms with Gasteiger partial charge in [-0.15, -0.1) is 0 Å². The fourth-order valence-electron chi connectivity index (χ4n) is 3.59. The number of sulfonamides is 1. The van der Waals surface area contributed by atoms with E-state index in [1.165, 1.54) is 11.8 Å². The molecule has 0 atom stereocenters. The molecule has 1 aromatic heterocycles. The molecule has 4 aromatic rings. The molecule has 7 nitrogen and oxygen atoms in total. The van der Waals surface area contributed by atoms with Gasteiger partial charge in [0.25, 0.3) is 0 Å². The smallest absolute Gasteiger partial charge is 0.416 e. The van der Waals surface area contributed by atoms with Crippen LogP contribution in [0.3, 0.4) is 0 Å². The molecule has 0 aliphatic heterocycles. The summed E-state index contributed by atoms with van der Waals surface area (Å²) in [5, 5.41) is 0.555. The standard InChI is InChI=1S/C26H24F3N3O4S2/c1-35-20-10-6-17(7-11-20)23-24(18-8-12-21(36-2)13-9-18)32-25(31-23)37-15-14-30-38(33,34)22-5-3-4-19(16-22)26(27,28)29/h3-13,16,30H,14-15H2,1-2H3,(H,31,32). The molecule has 0 saturated carbocycles. The summed E-state index contributed by atoms with van der Waals surface area (Å²) in [6.07, 6.45) is -4.64. The number of halogens is 3. The number of aromatic amines is 1. The summed E-state index contributed by atoms with van der Waals surface area (Å²) in [6, 6.07) is 18.5. The molecular formula is C26H24F3N3O4S2. The van der Waals surface area contributed by atoms with E-state index >= 15 is 0 Å². The van der Waals surface area contributed by atoms with E-state index in [1.54, 1.807) is 14.2 Å². The Balaban J connectivity index is 1.50. The molecule has 38 heavy (non-hydrogen) atoms. The van der Waals surface area contributed by atoms with Gasteiger partial charge >= 0.3 is 6.18 Å². The Morgan fingerprint density at radius 2 is 1.53 bits per heavy atom. The average molecular weight is 564 g/mol. The molecule has 0 unspecified atom stereocenters. The van der Waals surface area contributed by atoms with Crippen molar-refractivity contribution in [2.24, 2.45) is 0 Å². The summed E-state index contributed by atoms with van der Waals surface area (Å²) in [5.41, 5.74) is 2.17. The van der Waals surface area contributed by atoms with Crippen molar-refractivity contribution in [3.8, 4) is 34.0 Å². The van der Waals surface area contributed by atoms with Gasteiger partial charge < -0.3 is 14.5 Å². The molecule has 0 amide bonds. The van der Waals surface area contributed by atoms with Crippen LogP contribution in [0.25, 0.3) is 22.5 Å². The quantitative estimate of drug-likeness (QED) is 0.186. The molecule has 0 fully saturated rings. The van der Waals surface area contributed by atoms with Crippen molar-refractivity contribution in [1.29, 1.82) is 0 Å². The van der Waals surface area contributed by atoms with Crippen molar-refractivity contribution in [3.63, 3.8) is 0 Å². The highest BCUT2D eigenvalue weighted by molar-refractivity contribution is 7.99. The minimum atomic E-state index is -4.64. The summed E-state index contributed by atoms with van der Waals surface area (Å²) >= 11 is 1.28. The van der Waals surface area contributed by atoms with Gasteiger partial charge in [0.15, 0.2) is 5.16 Å². The first-order valence-corrected chi connectivity index (χ1v) is 13.8. The molecule has 0 aliphatic carbocycles. The van der Waals surface area contributed by atoms with Crippen LogP contribution in [0.2, 0.25) is 0 Å². The largest absolute Gasteiger partial charge is 0.497 e. The highest BCUT2D eigenvalue weighted by atomic mass is 32.2. The minimum absolute atomic E-state index is 0.0142. The number of imidazole rings is 1. The lowest BCUT2D eigenvalue weighted by molar-refractivity contribution is -0.137. The van der Waals surface area contributed by atoms with Crippen molar-refractivity contribution in [3.05, 3.63) is 78.4 Å². The predicted octanol–water partition coefficient (Wildman–Crippen LogP) is 5.85. The van der Waals surface area contributed by atoms with E-state index in [2.05, 4.69) is 9.71 Å². The Kier molecular flexibility index (Phi) is 8.34. The zero-order valence-electron chi connectivity index (χ0n) is 20.4. The van der Waals surface area contributed by atoms with Crippen LogP contribution in [0.15, 0.2) is 82.8 Å². The van der Waals surface area contributed by atoms with Crippen LogP contribution in [0.5, 0.6) is 11.5 Å². The van der Waals surface area contributed by atoms with Crippen LogP contribution in [0.1, 0.15) is 5.56 Å². The molecule has 200 valence electrons. The Bertz CT molecular complexity index is 1420. The van der Waals surface area contributed by atoms with E-state index in [4.69, 9.17) is 14.5 Å². The first kappa shape index (κ1) is 27.6. The third-order valence-corrected chi connectivity index (χ3v) is 7.86. The van der Waals surface area contributed by atoms with E-state index in [0.29, 0.717) is 28.4 Å². The summed E-state index contributed by atoms with van der Waals surface area (Å²) < 4.78 is 76.8. The van der Waals surface area contributed by atoms with Crippen molar-refractivity contribution < 1.29 is 31.1 Å². The number of ether oxygens (including phenoxy) is 2. The maximum Gasteiger partial charge on any atom is 0.416 e. The van der Waals surface area contributed by atoms with E-state index in [9.17, 15) is 21.6 Å². The Labute approximate surface area is 222 Å². The van der Waals surface area contributed by atoms with Gasteiger partial charge in [0.1, 0.15) is 11.5 Å². The van der Waals surface area contributed by atoms with Gasteiger partial charge in [0, 0.05) is 23.4 Å². The third-order valence-electron chi connectivity index (χ3n) is 5.53. The van der Waals surface area contributed by atoms with Gasteiger partial charge in [-0.1, -0.05) is 17.8 Å². The fraction of sp³-hybridized carbons (Fsp3) is 0.192. The maximum atomic E-state index is 13.0. The molecule has 0 spiro atoms. The lowest BCUT2D eigenvalue weighted by Crippen LogP contribution is -2.26. The van der Waals surface area contributed by atoms with E-state index < -0.39 is 26.7 Å². The zero-order valence-corrected chi connectivity index (χ0v) is 22.0. The molecule has 0 radical (unpaired) electrons. The molecule has 12 heteroatoms. The van der Waals surface area contributed by atoms with Gasteiger partial charge in [0.2, 0.25) is 10.0 Å². The van der Waals surface area contributed by atoms with E-state index in [0.717, 1.165) is 35.0 Å². The van der Waals surface area contributed by atoms with Gasteiger partial charge in [-0.05, 0) is 66.7 Å². The second-order valence-electron chi connectivity index (χ2n) is 7.99. The number of hydrogen-bond acceptors (Lipinski definition) is 6. The molecule has 2 N–H and O–H groups in total. The van der Waals surface area contributed by atoms with E-state index in [-0.39, 0.29) is 12.3 Å². The van der Waals surface area contributed by atoms with Crippen LogP contribution >= 0.6 is 11.8 Å². The molecule has 1 heterocycles. The highest BCUT2D eigenvalue weighted by Crippen LogP contribution is 2.34. The van der Waals surface area contributed by atoms with Crippen molar-refractivity contribution in [2.75, 3.05) is 26.5 Å². The molecule has 0 bridgehead atoms. The van der Waals surface area contributed by atoms with Gasteiger partial charge in [-0.25, -0.2) is 18.1 Å². The summed E-state index contributed by atoms with van der Waals surface area (Å²) in [4.78, 5) is 7.57. The third kappa shape index (κ3) is 6.50. The number of H-pyrrole nitrogens is 1. The molecule has 0 saturated heterocycles. The van der Waals surface area contributed by atoms with Crippen molar-refractivity contribution in [2.45, 2.75) is 16.2 Å². The Morgan fingerprint density at radius 1 is 0.921 bits per heavy atom. The predicted molar refractivity (Wildman–Crippen MR) is 140 cm³/mol. The first-order valence-electron chi connectivity index (χ1n) is 11.3. The second-order valence-corrected chi connectivity index (χ2v) is 10.8. The molecule has 0 aliphatic rings. The number of methoxy groups -OCH3 is 2. The Hall–Kier alpha value is -3.48. The molecule has 3 aromatic carbocycles. The number of rotatable bonds is 10. The number of hydrogen-bond donors (Lipinski definition) is 2. The second kappa shape index (κ2) is 11.5. The first-order chi connectivity index (χ1) is 18.1. The van der Waals surface area contributed by atoms with Crippen LogP contribution in [-0.4, -0.2) is 44.9 Å². The monoisotopic (exact) mass is 563 g/mol. The topological polar surface area (TPSA) is 93.3 Å².